The van der Waals surface area contributed by atoms with Crippen LogP contribution in [0.3, 0.4) is 0 Å². The zero-order valence-corrected chi connectivity index (χ0v) is 18.1. The second-order valence-corrected chi connectivity index (χ2v) is 8.80. The van der Waals surface area contributed by atoms with E-state index in [1.807, 2.05) is 18.3 Å². The van der Waals surface area contributed by atoms with Crippen LogP contribution in [0.5, 0.6) is 5.75 Å². The molecule has 2 fully saturated rings. The second-order valence-electron chi connectivity index (χ2n) is 8.80. The zero-order chi connectivity index (χ0) is 21.5. The summed E-state index contributed by atoms with van der Waals surface area (Å²) in [4.78, 5) is 19.8. The van der Waals surface area contributed by atoms with Gasteiger partial charge in [-0.15, -0.1) is 0 Å². The summed E-state index contributed by atoms with van der Waals surface area (Å²) in [6.45, 7) is 6.04. The van der Waals surface area contributed by atoms with Crippen LogP contribution < -0.4 is 4.74 Å². The van der Waals surface area contributed by atoms with Gasteiger partial charge < -0.3 is 14.8 Å². The summed E-state index contributed by atoms with van der Waals surface area (Å²) >= 11 is 0. The number of ether oxygens (including phenoxy) is 1. The molecule has 2 aliphatic heterocycles. The predicted molar refractivity (Wildman–Crippen MR) is 121 cm³/mol. The predicted octanol–water partition coefficient (Wildman–Crippen LogP) is 4.20. The highest BCUT2D eigenvalue weighted by Crippen LogP contribution is 2.37. The van der Waals surface area contributed by atoms with Gasteiger partial charge in [0, 0.05) is 54.4 Å². The number of fused-ring (bicyclic) bond motifs is 2. The number of carboxylic acids is 1. The van der Waals surface area contributed by atoms with E-state index < -0.39 is 5.97 Å². The molecule has 0 unspecified atom stereocenters. The topological polar surface area (TPSA) is 68.8 Å². The minimum Gasteiger partial charge on any atom is -0.496 e. The van der Waals surface area contributed by atoms with Crippen LogP contribution in [0.4, 0.5) is 0 Å². The molecule has 2 N–H and O–H groups in total. The number of hydrogen-bond acceptors (Lipinski definition) is 4. The quantitative estimate of drug-likeness (QED) is 0.649. The Bertz CT molecular complexity index is 1110. The van der Waals surface area contributed by atoms with E-state index in [1.165, 1.54) is 34.9 Å². The Morgan fingerprint density at radius 1 is 1.23 bits per heavy atom. The lowest BCUT2D eigenvalue weighted by Crippen LogP contribution is -2.51. The van der Waals surface area contributed by atoms with Crippen molar-refractivity contribution in [2.24, 2.45) is 0 Å². The average molecular weight is 420 g/mol. The number of rotatable bonds is 5. The molecule has 0 saturated carbocycles. The van der Waals surface area contributed by atoms with Crippen molar-refractivity contribution in [3.8, 4) is 5.75 Å². The SMILES string of the molecule is COc1cc(C)c2[nH]ccc2c1CN1C[C@H]2CCCN2C[C@@H]1c1ccc(C(=O)O)cc1. The van der Waals surface area contributed by atoms with Crippen molar-refractivity contribution in [2.45, 2.75) is 38.4 Å². The van der Waals surface area contributed by atoms with Crippen LogP contribution in [-0.4, -0.2) is 58.6 Å². The van der Waals surface area contributed by atoms with Gasteiger partial charge in [0.05, 0.1) is 12.7 Å². The van der Waals surface area contributed by atoms with E-state index >= 15 is 0 Å². The molecule has 0 amide bonds. The molecule has 3 heterocycles. The van der Waals surface area contributed by atoms with Crippen LogP contribution in [-0.2, 0) is 6.54 Å². The molecular weight excluding hydrogens is 390 g/mol. The number of H-pyrrole nitrogens is 1. The van der Waals surface area contributed by atoms with Crippen LogP contribution in [0.25, 0.3) is 10.9 Å². The first kappa shape index (κ1) is 20.1. The summed E-state index contributed by atoms with van der Waals surface area (Å²) in [6, 6.07) is 12.5. The highest BCUT2D eigenvalue weighted by Gasteiger charge is 2.37. The first-order valence-corrected chi connectivity index (χ1v) is 11.0. The number of carboxylic acid groups (broad SMARTS) is 1. The van der Waals surface area contributed by atoms with E-state index in [4.69, 9.17) is 4.74 Å². The number of nitrogens with zero attached hydrogens (tertiary/aromatic N) is 2. The number of hydrogen-bond donors (Lipinski definition) is 2. The van der Waals surface area contributed by atoms with Crippen molar-refractivity contribution in [1.29, 1.82) is 0 Å². The van der Waals surface area contributed by atoms with Crippen molar-refractivity contribution in [3.05, 3.63) is 64.8 Å². The van der Waals surface area contributed by atoms with Crippen LogP contribution in [0.15, 0.2) is 42.6 Å². The van der Waals surface area contributed by atoms with Gasteiger partial charge in [-0.05, 0) is 61.7 Å². The molecule has 0 spiro atoms. The second kappa shape index (κ2) is 8.02. The summed E-state index contributed by atoms with van der Waals surface area (Å²) in [7, 11) is 1.74. The van der Waals surface area contributed by atoms with Gasteiger partial charge in [0.25, 0.3) is 0 Å². The number of aryl methyl sites for hydroxylation is 1. The highest BCUT2D eigenvalue weighted by atomic mass is 16.5. The normalized spacial score (nSPS) is 22.0. The maximum atomic E-state index is 11.3. The van der Waals surface area contributed by atoms with Gasteiger partial charge in [-0.25, -0.2) is 4.79 Å². The fraction of sp³-hybridized carbons (Fsp3) is 0.400. The molecule has 2 aromatic carbocycles. The number of benzene rings is 2. The van der Waals surface area contributed by atoms with Gasteiger partial charge in [-0.2, -0.15) is 0 Å². The number of piperazine rings is 1. The lowest BCUT2D eigenvalue weighted by molar-refractivity contribution is 0.0446. The van der Waals surface area contributed by atoms with Crippen molar-refractivity contribution in [2.75, 3.05) is 26.7 Å². The number of methoxy groups -OCH3 is 1. The minimum atomic E-state index is -0.883. The zero-order valence-electron chi connectivity index (χ0n) is 18.1. The Morgan fingerprint density at radius 2 is 2.03 bits per heavy atom. The third-order valence-corrected chi connectivity index (χ3v) is 7.03. The van der Waals surface area contributed by atoms with Crippen LogP contribution in [0.2, 0.25) is 0 Å². The molecule has 2 atom stereocenters. The molecule has 5 rings (SSSR count). The number of aromatic amines is 1. The highest BCUT2D eigenvalue weighted by molar-refractivity contribution is 5.88. The fourth-order valence-corrected chi connectivity index (χ4v) is 5.40. The summed E-state index contributed by atoms with van der Waals surface area (Å²) in [6.07, 6.45) is 4.49. The van der Waals surface area contributed by atoms with E-state index in [0.29, 0.717) is 11.6 Å². The summed E-state index contributed by atoms with van der Waals surface area (Å²) in [5, 5.41) is 10.5. The maximum absolute atomic E-state index is 11.3. The molecule has 2 saturated heterocycles. The first-order valence-electron chi connectivity index (χ1n) is 11.0. The Balaban J connectivity index is 1.52. The number of carbonyl (C=O) groups is 1. The molecule has 6 nitrogen and oxygen atoms in total. The van der Waals surface area contributed by atoms with E-state index in [1.54, 1.807) is 19.2 Å². The van der Waals surface area contributed by atoms with Crippen molar-refractivity contribution in [1.82, 2.24) is 14.8 Å². The Kier molecular flexibility index (Phi) is 5.20. The minimum absolute atomic E-state index is 0.220. The van der Waals surface area contributed by atoms with E-state index in [-0.39, 0.29) is 6.04 Å². The van der Waals surface area contributed by atoms with Gasteiger partial charge >= 0.3 is 5.97 Å². The van der Waals surface area contributed by atoms with Crippen LogP contribution >= 0.6 is 0 Å². The third-order valence-electron chi connectivity index (χ3n) is 7.03. The molecule has 1 aromatic heterocycles. The summed E-state index contributed by atoms with van der Waals surface area (Å²) in [5.41, 5.74) is 5.06. The number of aromatic nitrogens is 1. The average Bonchev–Trinajstić information content (AvgIpc) is 3.44. The van der Waals surface area contributed by atoms with Gasteiger partial charge in [0.1, 0.15) is 5.75 Å². The first-order chi connectivity index (χ1) is 15.0. The summed E-state index contributed by atoms with van der Waals surface area (Å²) in [5.74, 6) is 0.0457. The molecule has 2 aliphatic rings. The fourth-order valence-electron chi connectivity index (χ4n) is 5.40. The largest absolute Gasteiger partial charge is 0.496 e. The lowest BCUT2D eigenvalue weighted by atomic mass is 9.96. The van der Waals surface area contributed by atoms with E-state index in [0.717, 1.165) is 37.4 Å². The van der Waals surface area contributed by atoms with Crippen molar-refractivity contribution >= 4 is 16.9 Å². The van der Waals surface area contributed by atoms with Gasteiger partial charge in [-0.3, -0.25) is 9.80 Å². The maximum Gasteiger partial charge on any atom is 0.335 e. The van der Waals surface area contributed by atoms with Crippen LogP contribution in [0.1, 0.15) is 45.9 Å². The van der Waals surface area contributed by atoms with Gasteiger partial charge in [0.15, 0.2) is 0 Å². The Morgan fingerprint density at radius 3 is 2.77 bits per heavy atom. The molecule has 3 aromatic rings. The number of aromatic carboxylic acids is 1. The third kappa shape index (κ3) is 3.60. The van der Waals surface area contributed by atoms with Gasteiger partial charge in [0.2, 0.25) is 0 Å². The molecule has 162 valence electrons. The molecule has 31 heavy (non-hydrogen) atoms. The Hall–Kier alpha value is -2.83. The Labute approximate surface area is 182 Å². The van der Waals surface area contributed by atoms with E-state index in [9.17, 15) is 9.90 Å². The molecule has 0 aliphatic carbocycles. The van der Waals surface area contributed by atoms with Crippen molar-refractivity contribution in [3.63, 3.8) is 0 Å². The van der Waals surface area contributed by atoms with Gasteiger partial charge in [-0.1, -0.05) is 12.1 Å². The smallest absolute Gasteiger partial charge is 0.335 e. The molecule has 0 bridgehead atoms. The van der Waals surface area contributed by atoms with E-state index in [2.05, 4.69) is 33.8 Å². The molecule has 6 heteroatoms. The molecule has 0 radical (unpaired) electrons. The number of nitrogens with one attached hydrogen (secondary N) is 1. The standard InChI is InChI=1S/C25H29N3O3/c1-16-12-23(31-2)21(20-9-10-26-24(16)20)14-28-13-19-4-3-11-27(19)15-22(28)17-5-7-18(8-6-17)25(29)30/h5-10,12,19,22,26H,3-4,11,13-15H2,1-2H3,(H,29,30)/t19-,22-/m1/s1. The van der Waals surface area contributed by atoms with Crippen LogP contribution in [0, 0.1) is 6.92 Å². The molecular formula is C25H29N3O3. The lowest BCUT2D eigenvalue weighted by Gasteiger charge is -2.44. The van der Waals surface area contributed by atoms with Crippen molar-refractivity contribution < 1.29 is 14.6 Å². The summed E-state index contributed by atoms with van der Waals surface area (Å²) < 4.78 is 5.80. The monoisotopic (exact) mass is 419 g/mol.